The molecule has 24 heavy (non-hydrogen) atoms. The molecule has 2 aromatic carbocycles. The summed E-state index contributed by atoms with van der Waals surface area (Å²) in [5.41, 5.74) is 4.25. The van der Waals surface area contributed by atoms with E-state index in [1.807, 2.05) is 24.3 Å². The van der Waals surface area contributed by atoms with Gasteiger partial charge in [-0.05, 0) is 36.1 Å². The number of para-hydroxylation sites is 2. The van der Waals surface area contributed by atoms with Crippen LogP contribution in [0.25, 0.3) is 11.1 Å². The molecule has 0 saturated carbocycles. The van der Waals surface area contributed by atoms with E-state index in [-0.39, 0.29) is 18.0 Å². The molecule has 120 valence electrons. The molecular formula is C19H16N2O2S. The molecule has 0 unspecified atom stereocenters. The van der Waals surface area contributed by atoms with Gasteiger partial charge in [-0.2, -0.15) is 0 Å². The molecule has 2 aliphatic heterocycles. The third-order valence-electron chi connectivity index (χ3n) is 4.98. The van der Waals surface area contributed by atoms with E-state index < -0.39 is 0 Å². The van der Waals surface area contributed by atoms with Gasteiger partial charge < -0.3 is 9.32 Å². The van der Waals surface area contributed by atoms with Crippen molar-refractivity contribution >= 4 is 28.8 Å². The van der Waals surface area contributed by atoms with Crippen molar-refractivity contribution in [2.45, 2.75) is 30.1 Å². The van der Waals surface area contributed by atoms with Gasteiger partial charge in [-0.25, -0.2) is 4.98 Å². The van der Waals surface area contributed by atoms with Crippen molar-refractivity contribution in [3.63, 3.8) is 0 Å². The van der Waals surface area contributed by atoms with Crippen LogP contribution in [0, 0.1) is 0 Å². The van der Waals surface area contributed by atoms with Crippen molar-refractivity contribution in [1.29, 1.82) is 0 Å². The van der Waals surface area contributed by atoms with Crippen LogP contribution in [0.2, 0.25) is 0 Å². The van der Waals surface area contributed by atoms with Gasteiger partial charge in [-0.1, -0.05) is 48.2 Å². The van der Waals surface area contributed by atoms with Gasteiger partial charge in [0.2, 0.25) is 5.91 Å². The minimum Gasteiger partial charge on any atom is -0.431 e. The Morgan fingerprint density at radius 3 is 2.46 bits per heavy atom. The van der Waals surface area contributed by atoms with E-state index in [2.05, 4.69) is 34.1 Å². The maximum absolute atomic E-state index is 12.8. The SMILES string of the molecule is O=C(CSc1nc2ccccc2o1)N1[C@H]2CC[C@H]1c1ccccc12. The smallest absolute Gasteiger partial charge is 0.257 e. The van der Waals surface area contributed by atoms with Crippen molar-refractivity contribution in [2.75, 3.05) is 5.75 Å². The average molecular weight is 336 g/mol. The summed E-state index contributed by atoms with van der Waals surface area (Å²) >= 11 is 1.38. The van der Waals surface area contributed by atoms with Crippen LogP contribution >= 0.6 is 11.8 Å². The number of benzene rings is 2. The summed E-state index contributed by atoms with van der Waals surface area (Å²) in [6, 6.07) is 16.6. The number of nitrogens with zero attached hydrogens (tertiary/aromatic N) is 2. The molecule has 3 aromatic rings. The first-order chi connectivity index (χ1) is 11.8. The first kappa shape index (κ1) is 14.1. The molecule has 0 aliphatic carbocycles. The molecule has 0 N–H and O–H groups in total. The number of amides is 1. The summed E-state index contributed by atoms with van der Waals surface area (Å²) in [5, 5.41) is 0.564. The molecule has 5 heteroatoms. The van der Waals surface area contributed by atoms with Crippen molar-refractivity contribution in [3.05, 3.63) is 59.7 Å². The Labute approximate surface area is 143 Å². The average Bonchev–Trinajstić information content (AvgIpc) is 3.31. The number of hydrogen-bond acceptors (Lipinski definition) is 4. The second-order valence-electron chi connectivity index (χ2n) is 6.28. The molecule has 5 rings (SSSR count). The second-order valence-corrected chi connectivity index (χ2v) is 7.20. The highest BCUT2D eigenvalue weighted by Crippen LogP contribution is 2.53. The molecule has 4 nitrogen and oxygen atoms in total. The fraction of sp³-hybridized carbons (Fsp3) is 0.263. The lowest BCUT2D eigenvalue weighted by atomic mass is 9.92. The molecule has 2 atom stereocenters. The zero-order valence-electron chi connectivity index (χ0n) is 13.0. The Morgan fingerprint density at radius 2 is 1.75 bits per heavy atom. The Balaban J connectivity index is 1.33. The Kier molecular flexibility index (Phi) is 3.16. The maximum Gasteiger partial charge on any atom is 0.257 e. The van der Waals surface area contributed by atoms with Crippen LogP contribution in [0.1, 0.15) is 36.1 Å². The van der Waals surface area contributed by atoms with Gasteiger partial charge in [0.05, 0.1) is 17.8 Å². The molecule has 3 heterocycles. The van der Waals surface area contributed by atoms with Crippen LogP contribution < -0.4 is 0 Å². The van der Waals surface area contributed by atoms with Crippen LogP contribution in [0.3, 0.4) is 0 Å². The number of carbonyl (C=O) groups is 1. The fourth-order valence-electron chi connectivity index (χ4n) is 4.00. The minimum absolute atomic E-state index is 0.172. The quantitative estimate of drug-likeness (QED) is 0.668. The van der Waals surface area contributed by atoms with Crippen molar-refractivity contribution < 1.29 is 9.21 Å². The number of aromatic nitrogens is 1. The summed E-state index contributed by atoms with van der Waals surface area (Å²) in [6.07, 6.45) is 2.14. The summed E-state index contributed by atoms with van der Waals surface area (Å²) in [4.78, 5) is 19.3. The summed E-state index contributed by atoms with van der Waals surface area (Å²) in [7, 11) is 0. The topological polar surface area (TPSA) is 46.3 Å². The highest BCUT2D eigenvalue weighted by molar-refractivity contribution is 7.99. The van der Waals surface area contributed by atoms with Crippen LogP contribution in [-0.2, 0) is 4.79 Å². The van der Waals surface area contributed by atoms with Crippen LogP contribution in [0.15, 0.2) is 58.2 Å². The van der Waals surface area contributed by atoms with E-state index in [9.17, 15) is 4.79 Å². The monoisotopic (exact) mass is 336 g/mol. The number of carbonyl (C=O) groups excluding carboxylic acids is 1. The molecule has 1 aromatic heterocycles. The largest absolute Gasteiger partial charge is 0.431 e. The lowest BCUT2D eigenvalue weighted by Crippen LogP contribution is -2.29. The van der Waals surface area contributed by atoms with Gasteiger partial charge in [0.1, 0.15) is 5.52 Å². The van der Waals surface area contributed by atoms with Crippen molar-refractivity contribution in [1.82, 2.24) is 9.88 Å². The molecule has 1 saturated heterocycles. The zero-order chi connectivity index (χ0) is 16.1. The van der Waals surface area contributed by atoms with E-state index in [1.54, 1.807) is 0 Å². The minimum atomic E-state index is 0.172. The van der Waals surface area contributed by atoms with E-state index in [1.165, 1.54) is 22.9 Å². The Morgan fingerprint density at radius 1 is 1.08 bits per heavy atom. The lowest BCUT2D eigenvalue weighted by molar-refractivity contribution is -0.130. The molecule has 0 radical (unpaired) electrons. The van der Waals surface area contributed by atoms with Gasteiger partial charge >= 0.3 is 0 Å². The third-order valence-corrected chi connectivity index (χ3v) is 5.79. The van der Waals surface area contributed by atoms with E-state index in [4.69, 9.17) is 4.42 Å². The highest BCUT2D eigenvalue weighted by atomic mass is 32.2. The highest BCUT2D eigenvalue weighted by Gasteiger charge is 2.45. The molecule has 1 amide bonds. The second kappa shape index (κ2) is 5.38. The Hall–Kier alpha value is -2.27. The molecule has 0 spiro atoms. The summed E-state index contributed by atoms with van der Waals surface area (Å²) in [6.45, 7) is 0. The predicted molar refractivity (Wildman–Crippen MR) is 92.7 cm³/mol. The zero-order valence-corrected chi connectivity index (χ0v) is 13.8. The van der Waals surface area contributed by atoms with Gasteiger partial charge in [0.25, 0.3) is 5.22 Å². The number of thioether (sulfide) groups is 1. The van der Waals surface area contributed by atoms with E-state index in [0.717, 1.165) is 23.9 Å². The van der Waals surface area contributed by atoms with E-state index in [0.29, 0.717) is 11.0 Å². The molecule has 1 fully saturated rings. The lowest BCUT2D eigenvalue weighted by Gasteiger charge is -2.22. The van der Waals surface area contributed by atoms with Crippen molar-refractivity contribution in [3.8, 4) is 0 Å². The van der Waals surface area contributed by atoms with Gasteiger partial charge in [0.15, 0.2) is 5.58 Å². The van der Waals surface area contributed by atoms with Crippen molar-refractivity contribution in [2.24, 2.45) is 0 Å². The Bertz CT molecular complexity index is 872. The number of rotatable bonds is 3. The first-order valence-corrected chi connectivity index (χ1v) is 9.18. The van der Waals surface area contributed by atoms with Crippen LogP contribution in [-0.4, -0.2) is 21.5 Å². The summed E-state index contributed by atoms with van der Waals surface area (Å²) < 4.78 is 5.69. The number of fused-ring (bicyclic) bond motifs is 6. The third kappa shape index (κ3) is 2.08. The van der Waals surface area contributed by atoms with Crippen LogP contribution in [0.5, 0.6) is 0 Å². The summed E-state index contributed by atoms with van der Waals surface area (Å²) in [5.74, 6) is 0.541. The molecule has 2 bridgehead atoms. The normalized spacial score (nSPS) is 21.4. The first-order valence-electron chi connectivity index (χ1n) is 8.19. The molecular weight excluding hydrogens is 320 g/mol. The maximum atomic E-state index is 12.8. The molecule has 2 aliphatic rings. The fourth-order valence-corrected chi connectivity index (χ4v) is 4.71. The number of hydrogen-bond donors (Lipinski definition) is 0. The van der Waals surface area contributed by atoms with Gasteiger partial charge in [-0.3, -0.25) is 4.79 Å². The standard InChI is InChI=1S/C19H16N2O2S/c22-18(11-24-19-20-14-7-3-4-8-17(14)23-19)21-15-9-10-16(21)13-6-2-1-5-12(13)15/h1-8,15-16H,9-11H2/t15-,16-/m0/s1. The number of oxazole rings is 1. The van der Waals surface area contributed by atoms with Gasteiger partial charge in [0, 0.05) is 0 Å². The predicted octanol–water partition coefficient (Wildman–Crippen LogP) is 4.34. The van der Waals surface area contributed by atoms with E-state index >= 15 is 0 Å². The van der Waals surface area contributed by atoms with Crippen LogP contribution in [0.4, 0.5) is 0 Å². The van der Waals surface area contributed by atoms with Gasteiger partial charge in [-0.15, -0.1) is 0 Å².